The van der Waals surface area contributed by atoms with Gasteiger partial charge in [0.25, 0.3) is 5.91 Å². The van der Waals surface area contributed by atoms with Gasteiger partial charge in [0.2, 0.25) is 0 Å². The van der Waals surface area contributed by atoms with E-state index in [1.165, 1.54) is 12.1 Å². The summed E-state index contributed by atoms with van der Waals surface area (Å²) in [6.07, 6.45) is 4.34. The van der Waals surface area contributed by atoms with Crippen molar-refractivity contribution in [3.05, 3.63) is 83.1 Å². The van der Waals surface area contributed by atoms with Crippen molar-refractivity contribution in [1.82, 2.24) is 24.6 Å². The van der Waals surface area contributed by atoms with Crippen LogP contribution >= 0.6 is 0 Å². The molecule has 1 aliphatic heterocycles. The minimum atomic E-state index is -0.580. The molecule has 0 spiro atoms. The first-order valence-corrected chi connectivity index (χ1v) is 13.2. The number of nitrogens with zero attached hydrogens (tertiary/aromatic N) is 6. The highest BCUT2D eigenvalue weighted by atomic mass is 19.1. The van der Waals surface area contributed by atoms with E-state index in [0.717, 1.165) is 47.2 Å². The maximum Gasteiger partial charge on any atom is 0.260 e. The van der Waals surface area contributed by atoms with E-state index in [0.29, 0.717) is 42.4 Å². The Labute approximate surface area is 226 Å². The first kappa shape index (κ1) is 25.3. The molecule has 3 heterocycles. The van der Waals surface area contributed by atoms with E-state index in [9.17, 15) is 14.3 Å². The molecule has 4 aromatic rings. The van der Waals surface area contributed by atoms with Gasteiger partial charge < -0.3 is 9.67 Å². The van der Waals surface area contributed by atoms with Crippen LogP contribution in [0.15, 0.2) is 54.9 Å². The number of benzene rings is 2. The van der Waals surface area contributed by atoms with E-state index >= 15 is 0 Å². The summed E-state index contributed by atoms with van der Waals surface area (Å²) in [4.78, 5) is 22.1. The summed E-state index contributed by atoms with van der Waals surface area (Å²) in [6, 6.07) is 14.4. The van der Waals surface area contributed by atoms with Crippen LogP contribution in [0, 0.1) is 12.7 Å². The number of carbonyl (C=O) groups excluding carboxylic acids is 1. The normalized spacial score (nSPS) is 16.1. The Balaban J connectivity index is 1.28. The van der Waals surface area contributed by atoms with E-state index in [2.05, 4.69) is 21.2 Å². The highest BCUT2D eigenvalue weighted by molar-refractivity contribution is 6.10. The van der Waals surface area contributed by atoms with Crippen LogP contribution in [0.5, 0.6) is 0 Å². The Bertz CT molecular complexity index is 1580. The summed E-state index contributed by atoms with van der Waals surface area (Å²) in [7, 11) is 3.81. The van der Waals surface area contributed by atoms with Crippen molar-refractivity contribution in [1.29, 1.82) is 0 Å². The zero-order valence-electron chi connectivity index (χ0n) is 22.4. The lowest BCUT2D eigenvalue weighted by Gasteiger charge is -2.39. The topological polar surface area (TPSA) is 87.4 Å². The maximum atomic E-state index is 14.3. The quantitative estimate of drug-likeness (QED) is 0.382. The van der Waals surface area contributed by atoms with Gasteiger partial charge in [0, 0.05) is 37.0 Å². The van der Waals surface area contributed by atoms with Crippen LogP contribution in [0.25, 0.3) is 22.5 Å². The molecular formula is C30H31FN6O2. The number of hydrogen-bond acceptors (Lipinski definition) is 6. The third-order valence-corrected chi connectivity index (χ3v) is 7.74. The molecule has 1 aliphatic carbocycles. The van der Waals surface area contributed by atoms with Crippen molar-refractivity contribution in [3.63, 3.8) is 0 Å². The number of hydrogen-bond donors (Lipinski definition) is 1. The van der Waals surface area contributed by atoms with Gasteiger partial charge in [0.05, 0.1) is 12.1 Å². The van der Waals surface area contributed by atoms with Crippen LogP contribution in [-0.4, -0.2) is 54.9 Å². The van der Waals surface area contributed by atoms with Crippen molar-refractivity contribution in [2.24, 2.45) is 7.05 Å². The third-order valence-electron chi connectivity index (χ3n) is 7.74. The Morgan fingerprint density at radius 3 is 2.62 bits per heavy atom. The number of aliphatic hydroxyl groups is 1. The van der Waals surface area contributed by atoms with Gasteiger partial charge in [-0.3, -0.25) is 14.6 Å². The second kappa shape index (κ2) is 9.66. The SMILES string of the molecule is Cc1cc(-c2ccc(F)cc2-c2nncn2C)cc(N2Cc3ccc(CN(C)CC4(O)CCC4)cc3C2=O)n1. The van der Waals surface area contributed by atoms with Gasteiger partial charge in [0.1, 0.15) is 18.0 Å². The minimum absolute atomic E-state index is 0.0937. The molecule has 0 atom stereocenters. The van der Waals surface area contributed by atoms with Gasteiger partial charge in [-0.25, -0.2) is 9.37 Å². The number of carbonyl (C=O) groups is 1. The lowest BCUT2D eigenvalue weighted by Crippen LogP contribution is -2.46. The average Bonchev–Trinajstić information content (AvgIpc) is 3.45. The molecule has 6 rings (SSSR count). The fraction of sp³-hybridized carbons (Fsp3) is 0.333. The fourth-order valence-electron chi connectivity index (χ4n) is 5.67. The van der Waals surface area contributed by atoms with Gasteiger partial charge in [-0.05, 0) is 85.8 Å². The molecule has 8 nitrogen and oxygen atoms in total. The number of fused-ring (bicyclic) bond motifs is 1. The van der Waals surface area contributed by atoms with Crippen molar-refractivity contribution < 1.29 is 14.3 Å². The Morgan fingerprint density at radius 1 is 1.08 bits per heavy atom. The fourth-order valence-corrected chi connectivity index (χ4v) is 5.67. The predicted molar refractivity (Wildman–Crippen MR) is 146 cm³/mol. The first-order chi connectivity index (χ1) is 18.7. The summed E-state index contributed by atoms with van der Waals surface area (Å²) in [5, 5.41) is 18.6. The van der Waals surface area contributed by atoms with Crippen molar-refractivity contribution in [3.8, 4) is 22.5 Å². The number of anilines is 1. The van der Waals surface area contributed by atoms with Gasteiger partial charge in [-0.15, -0.1) is 10.2 Å². The van der Waals surface area contributed by atoms with Gasteiger partial charge in [-0.1, -0.05) is 18.2 Å². The zero-order valence-corrected chi connectivity index (χ0v) is 22.4. The largest absolute Gasteiger partial charge is 0.389 e. The van der Waals surface area contributed by atoms with E-state index in [1.807, 2.05) is 45.3 Å². The average molecular weight is 527 g/mol. The summed E-state index contributed by atoms with van der Waals surface area (Å²) < 4.78 is 16.0. The Kier molecular flexibility index (Phi) is 6.28. The number of likely N-dealkylation sites (N-methyl/N-ethyl adjacent to an activating group) is 1. The van der Waals surface area contributed by atoms with Crippen LogP contribution in [-0.2, 0) is 20.1 Å². The van der Waals surface area contributed by atoms with Crippen molar-refractivity contribution in [2.45, 2.75) is 44.9 Å². The molecule has 1 fully saturated rings. The monoisotopic (exact) mass is 526 g/mol. The third kappa shape index (κ3) is 4.84. The Hall–Kier alpha value is -3.95. The number of amides is 1. The van der Waals surface area contributed by atoms with E-state index in [-0.39, 0.29) is 11.7 Å². The molecule has 200 valence electrons. The molecule has 1 N–H and O–H groups in total. The van der Waals surface area contributed by atoms with E-state index in [4.69, 9.17) is 4.98 Å². The predicted octanol–water partition coefficient (Wildman–Crippen LogP) is 4.50. The molecule has 2 aromatic carbocycles. The minimum Gasteiger partial charge on any atom is -0.389 e. The lowest BCUT2D eigenvalue weighted by atomic mass is 9.80. The molecule has 1 amide bonds. The molecule has 1 saturated carbocycles. The van der Waals surface area contributed by atoms with E-state index < -0.39 is 5.60 Å². The number of rotatable bonds is 7. The molecule has 0 unspecified atom stereocenters. The molecule has 0 saturated heterocycles. The summed E-state index contributed by atoms with van der Waals surface area (Å²) in [6.45, 7) is 3.60. The Morgan fingerprint density at radius 2 is 1.90 bits per heavy atom. The van der Waals surface area contributed by atoms with Crippen molar-refractivity contribution >= 4 is 11.7 Å². The van der Waals surface area contributed by atoms with Crippen LogP contribution in [0.1, 0.15) is 46.4 Å². The number of halogens is 1. The van der Waals surface area contributed by atoms with Crippen LogP contribution in [0.3, 0.4) is 0 Å². The number of pyridine rings is 1. The highest BCUT2D eigenvalue weighted by Crippen LogP contribution is 2.36. The molecule has 0 bridgehead atoms. The van der Waals surface area contributed by atoms with Crippen LogP contribution in [0.4, 0.5) is 10.2 Å². The molecule has 0 radical (unpaired) electrons. The standard InChI is InChI=1S/C30H31FN6O2/c1-19-11-22(24-8-7-23(31)14-26(24)28-34-32-18-36(28)3)13-27(33-19)37-16-21-6-5-20(12-25(21)29(37)38)15-35(2)17-30(39)9-4-10-30/h5-8,11-14,18,39H,4,9-10,15-17H2,1-3H3. The first-order valence-electron chi connectivity index (χ1n) is 13.2. The van der Waals surface area contributed by atoms with Crippen molar-refractivity contribution in [2.75, 3.05) is 18.5 Å². The van der Waals surface area contributed by atoms with Crippen LogP contribution in [0.2, 0.25) is 0 Å². The molecule has 2 aliphatic rings. The maximum absolute atomic E-state index is 14.3. The molecular weight excluding hydrogens is 495 g/mol. The summed E-state index contributed by atoms with van der Waals surface area (Å²) in [5.41, 5.74) is 5.04. The molecule has 2 aromatic heterocycles. The number of aromatic nitrogens is 4. The van der Waals surface area contributed by atoms with E-state index in [1.54, 1.807) is 21.9 Å². The lowest BCUT2D eigenvalue weighted by molar-refractivity contribution is -0.0555. The van der Waals surface area contributed by atoms with Gasteiger partial charge in [-0.2, -0.15) is 0 Å². The van der Waals surface area contributed by atoms with Gasteiger partial charge in [0.15, 0.2) is 5.82 Å². The zero-order chi connectivity index (χ0) is 27.3. The molecule has 39 heavy (non-hydrogen) atoms. The smallest absolute Gasteiger partial charge is 0.260 e. The summed E-state index contributed by atoms with van der Waals surface area (Å²) in [5.74, 6) is 0.637. The van der Waals surface area contributed by atoms with Gasteiger partial charge >= 0.3 is 0 Å². The number of aryl methyl sites for hydroxylation is 2. The second-order valence-corrected chi connectivity index (χ2v) is 10.9. The van der Waals surface area contributed by atoms with Crippen LogP contribution < -0.4 is 4.90 Å². The molecule has 9 heteroatoms. The second-order valence-electron chi connectivity index (χ2n) is 10.9. The summed E-state index contributed by atoms with van der Waals surface area (Å²) >= 11 is 0. The highest BCUT2D eigenvalue weighted by Gasteiger charge is 2.35.